The summed E-state index contributed by atoms with van der Waals surface area (Å²) in [5.41, 5.74) is 0. The molecule has 1 atom stereocenters. The van der Waals surface area contributed by atoms with Crippen LogP contribution in [0.15, 0.2) is 4.52 Å². The summed E-state index contributed by atoms with van der Waals surface area (Å²) in [6.07, 6.45) is 10.6. The minimum atomic E-state index is 0.287. The van der Waals surface area contributed by atoms with Gasteiger partial charge in [0, 0.05) is 5.25 Å². The third-order valence-corrected chi connectivity index (χ3v) is 5.46. The molecule has 4 nitrogen and oxygen atoms in total. The third kappa shape index (κ3) is 3.72. The molecule has 0 amide bonds. The maximum absolute atomic E-state index is 5.41. The Morgan fingerprint density at radius 1 is 1.11 bits per heavy atom. The Labute approximate surface area is 119 Å². The molecule has 0 radical (unpaired) electrons. The van der Waals surface area contributed by atoms with E-state index in [1.54, 1.807) is 0 Å². The molecule has 5 heteroatoms. The Morgan fingerprint density at radius 3 is 2.74 bits per heavy atom. The third-order valence-electron chi connectivity index (χ3n) is 4.09. The number of hydrogen-bond donors (Lipinski definition) is 1. The van der Waals surface area contributed by atoms with E-state index < -0.39 is 0 Å². The lowest BCUT2D eigenvalue weighted by molar-refractivity contribution is 0.296. The molecule has 2 heterocycles. The lowest BCUT2D eigenvalue weighted by atomic mass is 10.0. The summed E-state index contributed by atoms with van der Waals surface area (Å²) in [5, 5.41) is 8.39. The summed E-state index contributed by atoms with van der Waals surface area (Å²) >= 11 is 2.01. The summed E-state index contributed by atoms with van der Waals surface area (Å²) in [7, 11) is 0. The molecule has 1 aliphatic carbocycles. The SMILES string of the molecule is C1CCC(SCc2noc([C@H]3CCCCN3)n2)CC1. The first-order valence-corrected chi connectivity index (χ1v) is 8.64. The lowest BCUT2D eigenvalue weighted by Crippen LogP contribution is -2.26. The van der Waals surface area contributed by atoms with E-state index in [1.165, 1.54) is 44.9 Å². The fourth-order valence-electron chi connectivity index (χ4n) is 2.95. The van der Waals surface area contributed by atoms with Gasteiger partial charge in [-0.1, -0.05) is 30.8 Å². The smallest absolute Gasteiger partial charge is 0.243 e. The Bertz CT molecular complexity index is 384. The molecule has 1 aliphatic heterocycles. The first kappa shape index (κ1) is 13.4. The van der Waals surface area contributed by atoms with Crippen molar-refractivity contribution in [1.29, 1.82) is 0 Å². The zero-order valence-corrected chi connectivity index (χ0v) is 12.3. The van der Waals surface area contributed by atoms with E-state index in [-0.39, 0.29) is 6.04 Å². The number of hydrogen-bond acceptors (Lipinski definition) is 5. The van der Waals surface area contributed by atoms with Gasteiger partial charge in [-0.05, 0) is 32.2 Å². The van der Waals surface area contributed by atoms with Crippen LogP contribution in [-0.4, -0.2) is 21.9 Å². The summed E-state index contributed by atoms with van der Waals surface area (Å²) in [4.78, 5) is 4.56. The number of piperidine rings is 1. The standard InChI is InChI=1S/C14H23N3OS/c1-2-6-11(7-3-1)19-10-13-16-14(18-17-13)12-8-4-5-9-15-12/h11-12,15H,1-10H2/t12-/m1/s1. The van der Waals surface area contributed by atoms with E-state index in [2.05, 4.69) is 15.5 Å². The van der Waals surface area contributed by atoms with E-state index in [0.29, 0.717) is 0 Å². The van der Waals surface area contributed by atoms with E-state index in [0.717, 1.165) is 35.7 Å². The summed E-state index contributed by atoms with van der Waals surface area (Å²) in [5.74, 6) is 2.57. The molecule has 0 spiro atoms. The molecule has 0 aromatic carbocycles. The minimum absolute atomic E-state index is 0.287. The van der Waals surface area contributed by atoms with Gasteiger partial charge in [0.1, 0.15) is 0 Å². The predicted molar refractivity (Wildman–Crippen MR) is 77.1 cm³/mol. The summed E-state index contributed by atoms with van der Waals surface area (Å²) in [6, 6.07) is 0.287. The maximum Gasteiger partial charge on any atom is 0.243 e. The first-order valence-electron chi connectivity index (χ1n) is 7.59. The number of aromatic nitrogens is 2. The number of nitrogens with zero attached hydrogens (tertiary/aromatic N) is 2. The van der Waals surface area contributed by atoms with E-state index in [1.807, 2.05) is 11.8 Å². The molecule has 2 aliphatic rings. The lowest BCUT2D eigenvalue weighted by Gasteiger charge is -2.20. The van der Waals surface area contributed by atoms with Gasteiger partial charge in [0.15, 0.2) is 5.82 Å². The summed E-state index contributed by atoms with van der Waals surface area (Å²) in [6.45, 7) is 1.07. The topological polar surface area (TPSA) is 51.0 Å². The van der Waals surface area contributed by atoms with Gasteiger partial charge in [-0.25, -0.2) is 0 Å². The van der Waals surface area contributed by atoms with E-state index in [9.17, 15) is 0 Å². The molecule has 1 aromatic rings. The molecular weight excluding hydrogens is 258 g/mol. The first-order chi connectivity index (χ1) is 9.42. The number of nitrogens with one attached hydrogen (secondary N) is 1. The Balaban J connectivity index is 1.49. The zero-order chi connectivity index (χ0) is 12.9. The molecule has 0 unspecified atom stereocenters. The molecule has 2 fully saturated rings. The highest BCUT2D eigenvalue weighted by molar-refractivity contribution is 7.99. The fourth-order valence-corrected chi connectivity index (χ4v) is 4.12. The second-order valence-electron chi connectivity index (χ2n) is 5.62. The van der Waals surface area contributed by atoms with Crippen molar-refractivity contribution in [2.75, 3.05) is 6.54 Å². The number of thioether (sulfide) groups is 1. The van der Waals surface area contributed by atoms with Gasteiger partial charge in [0.05, 0.1) is 11.8 Å². The van der Waals surface area contributed by atoms with Crippen molar-refractivity contribution in [1.82, 2.24) is 15.5 Å². The van der Waals surface area contributed by atoms with Crippen molar-refractivity contribution in [3.63, 3.8) is 0 Å². The van der Waals surface area contributed by atoms with Crippen LogP contribution in [0.1, 0.15) is 69.1 Å². The highest BCUT2D eigenvalue weighted by Gasteiger charge is 2.21. The van der Waals surface area contributed by atoms with Crippen molar-refractivity contribution in [3.05, 3.63) is 11.7 Å². The van der Waals surface area contributed by atoms with Crippen molar-refractivity contribution < 1.29 is 4.52 Å². The zero-order valence-electron chi connectivity index (χ0n) is 11.4. The number of rotatable bonds is 4. The molecule has 1 saturated carbocycles. The average molecular weight is 281 g/mol. The van der Waals surface area contributed by atoms with Crippen molar-refractivity contribution >= 4 is 11.8 Å². The van der Waals surface area contributed by atoms with Gasteiger partial charge in [-0.2, -0.15) is 16.7 Å². The quantitative estimate of drug-likeness (QED) is 0.916. The van der Waals surface area contributed by atoms with Crippen molar-refractivity contribution in [3.8, 4) is 0 Å². The van der Waals surface area contributed by atoms with E-state index in [4.69, 9.17) is 4.52 Å². The van der Waals surface area contributed by atoms with Crippen LogP contribution in [0.4, 0.5) is 0 Å². The van der Waals surface area contributed by atoms with Crippen LogP contribution in [0.25, 0.3) is 0 Å². The van der Waals surface area contributed by atoms with Crippen LogP contribution in [-0.2, 0) is 5.75 Å². The van der Waals surface area contributed by atoms with Crippen LogP contribution in [0.3, 0.4) is 0 Å². The molecule has 1 N–H and O–H groups in total. The van der Waals surface area contributed by atoms with Crippen LogP contribution >= 0.6 is 11.8 Å². The van der Waals surface area contributed by atoms with Crippen LogP contribution in [0.5, 0.6) is 0 Å². The molecule has 1 aromatic heterocycles. The largest absolute Gasteiger partial charge is 0.338 e. The maximum atomic E-state index is 5.41. The molecule has 19 heavy (non-hydrogen) atoms. The molecular formula is C14H23N3OS. The van der Waals surface area contributed by atoms with E-state index >= 15 is 0 Å². The van der Waals surface area contributed by atoms with Crippen molar-refractivity contribution in [2.24, 2.45) is 0 Å². The van der Waals surface area contributed by atoms with Gasteiger partial charge in [0.25, 0.3) is 0 Å². The van der Waals surface area contributed by atoms with Gasteiger partial charge in [0.2, 0.25) is 5.89 Å². The second-order valence-corrected chi connectivity index (χ2v) is 6.91. The van der Waals surface area contributed by atoms with Gasteiger partial charge >= 0.3 is 0 Å². The Morgan fingerprint density at radius 2 is 1.95 bits per heavy atom. The molecule has 0 bridgehead atoms. The second kappa shape index (κ2) is 6.75. The Hall–Kier alpha value is -0.550. The molecule has 1 saturated heterocycles. The predicted octanol–water partition coefficient (Wildman–Crippen LogP) is 3.45. The normalized spacial score (nSPS) is 25.6. The fraction of sp³-hybridized carbons (Fsp3) is 0.857. The highest BCUT2D eigenvalue weighted by Crippen LogP contribution is 2.30. The monoisotopic (exact) mass is 281 g/mol. The average Bonchev–Trinajstić information content (AvgIpc) is 2.96. The van der Waals surface area contributed by atoms with Crippen LogP contribution in [0, 0.1) is 0 Å². The van der Waals surface area contributed by atoms with Crippen LogP contribution < -0.4 is 5.32 Å². The van der Waals surface area contributed by atoms with Crippen LogP contribution in [0.2, 0.25) is 0 Å². The summed E-state index contributed by atoms with van der Waals surface area (Å²) < 4.78 is 5.41. The minimum Gasteiger partial charge on any atom is -0.338 e. The van der Waals surface area contributed by atoms with Crippen molar-refractivity contribution in [2.45, 2.75) is 68.4 Å². The molecule has 3 rings (SSSR count). The molecule has 106 valence electrons. The Kier molecular flexibility index (Phi) is 4.77. The van der Waals surface area contributed by atoms with Gasteiger partial charge < -0.3 is 9.84 Å². The highest BCUT2D eigenvalue weighted by atomic mass is 32.2. The van der Waals surface area contributed by atoms with Gasteiger partial charge in [-0.15, -0.1) is 0 Å². The van der Waals surface area contributed by atoms with Gasteiger partial charge in [-0.3, -0.25) is 0 Å².